The van der Waals surface area contributed by atoms with Crippen LogP contribution in [0.4, 0.5) is 0 Å². The third kappa shape index (κ3) is 2.01. The Bertz CT molecular complexity index is 253. The van der Waals surface area contributed by atoms with E-state index in [1.165, 1.54) is 44.3 Å². The molecule has 1 atom stereocenters. The van der Waals surface area contributed by atoms with Crippen LogP contribution < -0.4 is 0 Å². The number of piperidine rings is 1. The summed E-state index contributed by atoms with van der Waals surface area (Å²) >= 11 is 0. The van der Waals surface area contributed by atoms with E-state index < -0.39 is 0 Å². The Morgan fingerprint density at radius 3 is 3.14 bits per heavy atom. The van der Waals surface area contributed by atoms with Gasteiger partial charge < -0.3 is 4.42 Å². The van der Waals surface area contributed by atoms with Crippen LogP contribution in [0.1, 0.15) is 44.2 Å². The van der Waals surface area contributed by atoms with E-state index in [0.717, 1.165) is 0 Å². The lowest BCUT2D eigenvalue weighted by Gasteiger charge is -2.34. The fraction of sp³-hybridized carbons (Fsp3) is 0.667. The molecule has 0 radical (unpaired) electrons. The summed E-state index contributed by atoms with van der Waals surface area (Å²) in [6.07, 6.45) is 8.94. The summed E-state index contributed by atoms with van der Waals surface area (Å²) < 4.78 is 5.17. The third-order valence-electron chi connectivity index (χ3n) is 3.05. The molecule has 2 heterocycles. The van der Waals surface area contributed by atoms with Crippen LogP contribution in [0.25, 0.3) is 0 Å². The first-order chi connectivity index (χ1) is 6.92. The van der Waals surface area contributed by atoms with Crippen molar-refractivity contribution in [2.24, 2.45) is 0 Å². The number of hydrogen-bond acceptors (Lipinski definition) is 2. The second-order valence-corrected chi connectivity index (χ2v) is 4.10. The molecule has 0 aromatic carbocycles. The summed E-state index contributed by atoms with van der Waals surface area (Å²) in [5.41, 5.74) is 1.36. The van der Waals surface area contributed by atoms with Crippen LogP contribution in [0.3, 0.4) is 0 Å². The summed E-state index contributed by atoms with van der Waals surface area (Å²) in [6.45, 7) is 4.72. The molecular formula is C12H19NO. The van der Waals surface area contributed by atoms with Crippen molar-refractivity contribution in [1.29, 1.82) is 0 Å². The van der Waals surface area contributed by atoms with Gasteiger partial charge in [-0.25, -0.2) is 0 Å². The smallest absolute Gasteiger partial charge is 0.0950 e. The zero-order valence-corrected chi connectivity index (χ0v) is 8.91. The monoisotopic (exact) mass is 193 g/mol. The second-order valence-electron chi connectivity index (χ2n) is 4.10. The third-order valence-corrected chi connectivity index (χ3v) is 3.05. The average Bonchev–Trinajstić information content (AvgIpc) is 2.72. The van der Waals surface area contributed by atoms with E-state index in [4.69, 9.17) is 4.42 Å². The van der Waals surface area contributed by atoms with E-state index in [9.17, 15) is 0 Å². The van der Waals surface area contributed by atoms with Crippen molar-refractivity contribution in [3.63, 3.8) is 0 Å². The van der Waals surface area contributed by atoms with Crippen LogP contribution in [0, 0.1) is 0 Å². The predicted octanol–water partition coefficient (Wildman–Crippen LogP) is 3.22. The van der Waals surface area contributed by atoms with Crippen LogP contribution in [0.2, 0.25) is 0 Å². The van der Waals surface area contributed by atoms with Crippen LogP contribution >= 0.6 is 0 Å². The fourth-order valence-corrected chi connectivity index (χ4v) is 2.39. The van der Waals surface area contributed by atoms with E-state index in [2.05, 4.69) is 17.9 Å². The topological polar surface area (TPSA) is 16.4 Å². The minimum atomic E-state index is 0.613. The van der Waals surface area contributed by atoms with Crippen molar-refractivity contribution in [2.75, 3.05) is 13.1 Å². The van der Waals surface area contributed by atoms with Gasteiger partial charge in [-0.05, 0) is 38.4 Å². The van der Waals surface area contributed by atoms with Crippen LogP contribution in [-0.2, 0) is 0 Å². The molecule has 2 rings (SSSR count). The molecule has 0 saturated carbocycles. The number of rotatable bonds is 3. The molecule has 0 amide bonds. The van der Waals surface area contributed by atoms with Crippen LogP contribution in [0.5, 0.6) is 0 Å². The van der Waals surface area contributed by atoms with Crippen molar-refractivity contribution in [3.05, 3.63) is 24.2 Å². The highest BCUT2D eigenvalue weighted by Crippen LogP contribution is 2.30. The Hall–Kier alpha value is -0.760. The van der Waals surface area contributed by atoms with E-state index in [-0.39, 0.29) is 0 Å². The molecule has 1 aliphatic rings. The molecule has 2 nitrogen and oxygen atoms in total. The van der Waals surface area contributed by atoms with Gasteiger partial charge in [-0.2, -0.15) is 0 Å². The number of furan rings is 1. The molecule has 1 aromatic heterocycles. The molecule has 0 spiro atoms. The number of hydrogen-bond donors (Lipinski definition) is 0. The minimum Gasteiger partial charge on any atom is -0.472 e. The van der Waals surface area contributed by atoms with E-state index >= 15 is 0 Å². The highest BCUT2D eigenvalue weighted by Gasteiger charge is 2.23. The molecule has 1 unspecified atom stereocenters. The summed E-state index contributed by atoms with van der Waals surface area (Å²) in [7, 11) is 0. The summed E-state index contributed by atoms with van der Waals surface area (Å²) in [5, 5.41) is 0. The lowest BCUT2D eigenvalue weighted by atomic mass is 9.97. The molecule has 0 N–H and O–H groups in total. The molecule has 1 aliphatic heterocycles. The standard InChI is InChI=1S/C12H19NO/c1-2-7-13-8-4-3-5-12(13)11-6-9-14-10-11/h6,9-10,12H,2-5,7-8H2,1H3. The molecule has 0 bridgehead atoms. The molecule has 78 valence electrons. The van der Waals surface area contributed by atoms with E-state index in [1.54, 1.807) is 6.26 Å². The van der Waals surface area contributed by atoms with E-state index in [1.807, 2.05) is 6.26 Å². The lowest BCUT2D eigenvalue weighted by Crippen LogP contribution is -2.33. The predicted molar refractivity (Wildman–Crippen MR) is 57.2 cm³/mol. The lowest BCUT2D eigenvalue weighted by molar-refractivity contribution is 0.148. The molecule has 2 heteroatoms. The summed E-state index contributed by atoms with van der Waals surface area (Å²) in [4.78, 5) is 2.59. The quantitative estimate of drug-likeness (QED) is 0.733. The largest absolute Gasteiger partial charge is 0.472 e. The molecule has 1 saturated heterocycles. The zero-order chi connectivity index (χ0) is 9.80. The molecular weight excluding hydrogens is 174 g/mol. The van der Waals surface area contributed by atoms with Crippen molar-refractivity contribution in [2.45, 2.75) is 38.6 Å². The molecule has 1 fully saturated rings. The van der Waals surface area contributed by atoms with Gasteiger partial charge in [0, 0.05) is 11.6 Å². The molecule has 14 heavy (non-hydrogen) atoms. The SMILES string of the molecule is CCCN1CCCCC1c1ccoc1. The minimum absolute atomic E-state index is 0.613. The van der Waals surface area contributed by atoms with Crippen molar-refractivity contribution < 1.29 is 4.42 Å². The van der Waals surface area contributed by atoms with Gasteiger partial charge in [-0.15, -0.1) is 0 Å². The average molecular weight is 193 g/mol. The maximum absolute atomic E-state index is 5.17. The highest BCUT2D eigenvalue weighted by atomic mass is 16.3. The number of nitrogens with zero attached hydrogens (tertiary/aromatic N) is 1. The van der Waals surface area contributed by atoms with Gasteiger partial charge >= 0.3 is 0 Å². The molecule has 1 aromatic rings. The van der Waals surface area contributed by atoms with Crippen LogP contribution in [-0.4, -0.2) is 18.0 Å². The maximum Gasteiger partial charge on any atom is 0.0950 e. The van der Waals surface area contributed by atoms with Gasteiger partial charge in [-0.3, -0.25) is 4.90 Å². The van der Waals surface area contributed by atoms with Gasteiger partial charge in [0.15, 0.2) is 0 Å². The van der Waals surface area contributed by atoms with Gasteiger partial charge in [0.2, 0.25) is 0 Å². The molecule has 0 aliphatic carbocycles. The van der Waals surface area contributed by atoms with Crippen LogP contribution in [0.15, 0.2) is 23.0 Å². The summed E-state index contributed by atoms with van der Waals surface area (Å²) in [5.74, 6) is 0. The highest BCUT2D eigenvalue weighted by molar-refractivity contribution is 5.12. The second kappa shape index (κ2) is 4.65. The first-order valence-corrected chi connectivity index (χ1v) is 5.68. The Morgan fingerprint density at radius 1 is 1.50 bits per heavy atom. The Kier molecular flexibility index (Phi) is 3.25. The Balaban J connectivity index is 2.06. The number of likely N-dealkylation sites (tertiary alicyclic amines) is 1. The normalized spacial score (nSPS) is 23.9. The van der Waals surface area contributed by atoms with Crippen molar-refractivity contribution >= 4 is 0 Å². The van der Waals surface area contributed by atoms with Gasteiger partial charge in [0.25, 0.3) is 0 Å². The van der Waals surface area contributed by atoms with Gasteiger partial charge in [0.05, 0.1) is 12.5 Å². The first-order valence-electron chi connectivity index (χ1n) is 5.68. The van der Waals surface area contributed by atoms with Gasteiger partial charge in [-0.1, -0.05) is 13.3 Å². The first kappa shape index (κ1) is 9.78. The van der Waals surface area contributed by atoms with E-state index in [0.29, 0.717) is 6.04 Å². The zero-order valence-electron chi connectivity index (χ0n) is 8.91. The fourth-order valence-electron chi connectivity index (χ4n) is 2.39. The maximum atomic E-state index is 5.17. The van der Waals surface area contributed by atoms with Crippen molar-refractivity contribution in [1.82, 2.24) is 4.90 Å². The summed E-state index contributed by atoms with van der Waals surface area (Å²) in [6, 6.07) is 2.72. The Morgan fingerprint density at radius 2 is 2.43 bits per heavy atom. The van der Waals surface area contributed by atoms with Crippen molar-refractivity contribution in [3.8, 4) is 0 Å². The Labute approximate surface area is 85.9 Å². The van der Waals surface area contributed by atoms with Gasteiger partial charge in [0.1, 0.15) is 0 Å².